The van der Waals surface area contributed by atoms with Crippen LogP contribution in [0.5, 0.6) is 0 Å². The first kappa shape index (κ1) is 83.5. The average molecular weight is 1790 g/mol. The van der Waals surface area contributed by atoms with Crippen LogP contribution in [0.4, 0.5) is 43.4 Å². The predicted octanol–water partition coefficient (Wildman–Crippen LogP) is 13.8. The number of halogens is 9. The number of nitrogens with zero attached hydrogens (tertiary/aromatic N) is 10. The Balaban J connectivity index is 0.000000138. The highest BCUT2D eigenvalue weighted by Gasteiger charge is 2.44. The molecular formula is C87H70BrCl2F6N19O9. The number of aromatic amines is 3. The van der Waals surface area contributed by atoms with Crippen LogP contribution in [0.1, 0.15) is 56.6 Å². The Labute approximate surface area is 716 Å². The number of rotatable bonds is 18. The average Bonchev–Trinajstić information content (AvgIpc) is 1.17. The number of imidazole rings is 1. The van der Waals surface area contributed by atoms with Gasteiger partial charge in [-0.15, -0.1) is 0 Å². The molecular weight excluding hydrogens is 1720 g/mol. The highest BCUT2D eigenvalue weighted by atomic mass is 79.9. The minimum absolute atomic E-state index is 0.00508. The molecule has 18 rings (SSSR count). The molecule has 124 heavy (non-hydrogen) atoms. The number of aryl methyl sites for hydroxylation is 1. The molecule has 3 aliphatic heterocycles. The van der Waals surface area contributed by atoms with E-state index in [4.69, 9.17) is 40.4 Å². The molecule has 0 saturated carbocycles. The van der Waals surface area contributed by atoms with E-state index in [2.05, 4.69) is 67.1 Å². The van der Waals surface area contributed by atoms with Crippen molar-refractivity contribution >= 4 is 175 Å². The Morgan fingerprint density at radius 1 is 0.444 bits per heavy atom. The minimum atomic E-state index is -1.46. The number of fused-ring (bicyclic) bond motifs is 6. The second-order valence-electron chi connectivity index (χ2n) is 29.8. The Morgan fingerprint density at radius 2 is 0.855 bits per heavy atom. The van der Waals surface area contributed by atoms with E-state index in [1.807, 2.05) is 18.2 Å². The lowest BCUT2D eigenvalue weighted by molar-refractivity contribution is -0.137. The molecule has 0 spiro atoms. The van der Waals surface area contributed by atoms with Gasteiger partial charge in [0.1, 0.15) is 67.6 Å². The summed E-state index contributed by atoms with van der Waals surface area (Å²) in [5, 5.41) is 23.7. The van der Waals surface area contributed by atoms with Crippen molar-refractivity contribution in [1.29, 1.82) is 0 Å². The number of hydrogen-bond acceptors (Lipinski definition) is 13. The summed E-state index contributed by atoms with van der Waals surface area (Å²) in [6, 6.07) is 44.5. The smallest absolute Gasteiger partial charge is 0.269 e. The molecule has 3 saturated heterocycles. The maximum Gasteiger partial charge on any atom is 0.269 e. The van der Waals surface area contributed by atoms with Crippen molar-refractivity contribution in [3.8, 4) is 33.4 Å². The molecule has 0 aliphatic carbocycles. The lowest BCUT2D eigenvalue weighted by Gasteiger charge is -2.24. The summed E-state index contributed by atoms with van der Waals surface area (Å²) in [7, 11) is 0. The summed E-state index contributed by atoms with van der Waals surface area (Å²) in [6.45, 7) is -0.220. The molecule has 9 heterocycles. The third kappa shape index (κ3) is 16.4. The van der Waals surface area contributed by atoms with Crippen molar-refractivity contribution in [1.82, 2.24) is 64.0 Å². The Morgan fingerprint density at radius 3 is 1.34 bits per heavy atom. The number of H-pyrrole nitrogens is 3. The molecule has 0 bridgehead atoms. The Hall–Kier alpha value is -14.2. The monoisotopic (exact) mass is 1790 g/mol. The molecule has 6 atom stereocenters. The third-order valence-electron chi connectivity index (χ3n) is 21.8. The van der Waals surface area contributed by atoms with Crippen LogP contribution in [0.15, 0.2) is 193 Å². The number of benzene rings is 9. The van der Waals surface area contributed by atoms with Gasteiger partial charge in [-0.3, -0.25) is 57.2 Å². The molecule has 630 valence electrons. The molecule has 0 unspecified atom stereocenters. The van der Waals surface area contributed by atoms with E-state index >= 15 is 13.2 Å². The van der Waals surface area contributed by atoms with Gasteiger partial charge >= 0.3 is 0 Å². The van der Waals surface area contributed by atoms with E-state index in [1.54, 1.807) is 153 Å². The molecule has 28 nitrogen and oxygen atoms in total. The zero-order chi connectivity index (χ0) is 87.4. The maximum atomic E-state index is 15.7. The molecule has 15 aromatic rings. The molecule has 3 fully saturated rings. The lowest BCUT2D eigenvalue weighted by Crippen LogP contribution is -2.44. The van der Waals surface area contributed by atoms with Crippen molar-refractivity contribution in [2.24, 2.45) is 17.2 Å². The molecule has 0 radical (unpaired) electrons. The van der Waals surface area contributed by atoms with Crippen molar-refractivity contribution < 1.29 is 69.5 Å². The second kappa shape index (κ2) is 34.4. The van der Waals surface area contributed by atoms with Gasteiger partial charge in [0.25, 0.3) is 17.7 Å². The summed E-state index contributed by atoms with van der Waals surface area (Å²) >= 11 is 16.5. The molecule has 37 heteroatoms. The van der Waals surface area contributed by atoms with Crippen LogP contribution in [-0.4, -0.2) is 173 Å². The minimum Gasteiger partial charge on any atom is -0.364 e. The van der Waals surface area contributed by atoms with E-state index in [9.17, 15) is 56.3 Å². The number of amides is 9. The van der Waals surface area contributed by atoms with Crippen LogP contribution < -0.4 is 33.2 Å². The van der Waals surface area contributed by atoms with Gasteiger partial charge in [-0.25, -0.2) is 31.3 Å². The van der Waals surface area contributed by atoms with Crippen molar-refractivity contribution in [3.05, 3.63) is 243 Å². The van der Waals surface area contributed by atoms with Gasteiger partial charge in [0, 0.05) is 96.5 Å². The number of nitrogens with one attached hydrogen (secondary N) is 6. The van der Waals surface area contributed by atoms with Crippen LogP contribution >= 0.6 is 39.1 Å². The van der Waals surface area contributed by atoms with E-state index in [1.165, 1.54) is 38.3 Å². The van der Waals surface area contributed by atoms with Gasteiger partial charge in [0.05, 0.1) is 68.8 Å². The fourth-order valence-electron chi connectivity index (χ4n) is 16.0. The van der Waals surface area contributed by atoms with Crippen molar-refractivity contribution in [3.63, 3.8) is 0 Å². The summed E-state index contributed by atoms with van der Waals surface area (Å²) in [6.07, 6.45) is -1.57. The largest absolute Gasteiger partial charge is 0.364 e. The molecule has 3 aliphatic rings. The highest BCUT2D eigenvalue weighted by Crippen LogP contribution is 2.41. The first-order chi connectivity index (χ1) is 59.5. The predicted molar refractivity (Wildman–Crippen MR) is 457 cm³/mol. The van der Waals surface area contributed by atoms with Crippen molar-refractivity contribution in [2.45, 2.75) is 82.5 Å². The van der Waals surface area contributed by atoms with Crippen LogP contribution in [-0.2, 0) is 48.4 Å². The number of primary amides is 3. The van der Waals surface area contributed by atoms with E-state index in [0.717, 1.165) is 36.5 Å². The Kier molecular flexibility index (Phi) is 23.1. The fraction of sp³-hybridized carbons (Fsp3) is 0.184. The van der Waals surface area contributed by atoms with Crippen LogP contribution in [0.2, 0.25) is 10.0 Å². The number of alkyl halides is 3. The van der Waals surface area contributed by atoms with Crippen LogP contribution in [0, 0.1) is 24.4 Å². The highest BCUT2D eigenvalue weighted by molar-refractivity contribution is 9.10. The Bertz CT molecular complexity index is 6890. The van der Waals surface area contributed by atoms with Gasteiger partial charge in [-0.05, 0) is 103 Å². The second-order valence-corrected chi connectivity index (χ2v) is 31.4. The van der Waals surface area contributed by atoms with Crippen LogP contribution in [0.25, 0.3) is 98.9 Å². The summed E-state index contributed by atoms with van der Waals surface area (Å²) in [4.78, 5) is 132. The van der Waals surface area contributed by atoms with E-state index in [0.29, 0.717) is 81.3 Å². The first-order valence-electron chi connectivity index (χ1n) is 38.6. The quantitative estimate of drug-likeness (QED) is 0.0361. The molecule has 6 aromatic heterocycles. The topological polar surface area (TPSA) is 391 Å². The number of anilines is 3. The number of carbonyl (C=O) groups is 9. The number of carbonyl (C=O) groups excluding carboxylic acids is 9. The van der Waals surface area contributed by atoms with Gasteiger partial charge in [-0.1, -0.05) is 130 Å². The van der Waals surface area contributed by atoms with Crippen LogP contribution in [0.3, 0.4) is 0 Å². The van der Waals surface area contributed by atoms with Gasteiger partial charge in [-0.2, -0.15) is 15.3 Å². The SMILES string of the molecule is Cc1nc2c(Cl)c(-c3cccc(NC(=O)[C@@H]4C[C@@H](F)CN4C(=O)Cn4nc(C(N)=O)c5ccccc54)c3F)ccc2[nH]1.NC(=O)c1nn(CC(=O)N2C[C@H](F)C[C@H]2C(=O)Nc2cccc(-c3ccc4[nH]ccc4c3)c2F)c2ccccc12.NC(=O)c1nn(CC(=O)N2C[C@H](F)C[C@H]2C(=O)Nc2cccc(-c3ccc4[nH]ccc4c3Cl)c2F)c2ccc(Br)cc12. The maximum absolute atomic E-state index is 15.7. The summed E-state index contributed by atoms with van der Waals surface area (Å²) in [5.74, 6) is -7.67. The molecule has 9 amide bonds. The summed E-state index contributed by atoms with van der Waals surface area (Å²) in [5.41, 5.74) is 22.4. The zero-order valence-corrected chi connectivity index (χ0v) is 68.1. The van der Waals surface area contributed by atoms with Gasteiger partial charge in [0.2, 0.25) is 35.4 Å². The zero-order valence-electron chi connectivity index (χ0n) is 65.0. The number of likely N-dealkylation sites (tertiary alicyclic amines) is 3. The van der Waals surface area contributed by atoms with E-state index < -0.39 is 107 Å². The number of hydrogen-bond donors (Lipinski definition) is 9. The fourth-order valence-corrected chi connectivity index (χ4v) is 17.0. The van der Waals surface area contributed by atoms with Crippen molar-refractivity contribution in [2.75, 3.05) is 35.6 Å². The van der Waals surface area contributed by atoms with Gasteiger partial charge in [0.15, 0.2) is 34.5 Å². The lowest BCUT2D eigenvalue weighted by atomic mass is 10.0. The standard InChI is InChI=1S/C29H22BrClF2N6O3.C29H24ClF2N7O3.C29H24F2N6O3/c30-14-4-7-22-19(10-14)27(28(34)41)37-39(22)13-24(40)38-12-15(32)11-23(38)29(42)36-21-3-1-2-17(26(21)33)16-5-6-20-18(25(16)31)8-9-35-20;1-14-34-20-10-9-16(24(30)27(20)35-14)17-6-4-7-19(25(17)32)36-29(42)22-11-15(31)12-38(22)23(40)13-39-21-8-3-2-5-18(21)26(37-39)28(33)41;30-18-13-24(36(14-18)25(38)15-37-23-7-2-1-4-20(23)27(35-37)28(32)39)29(40)34-22-6-3-5-19(26(22)31)16-8-9-21-17(12-16)10-11-33-21/h1-10,15,23,35H,11-13H2,(H2,34,41)(H,36,42);2-10,15,22H,11-13H2,1H3,(H2,33,41)(H,34,35)(H,36,42);1-12,18,24,33H,13-15H2,(H2,32,39)(H,34,40)/t15-,23+;15-,22+;18-,24+/m111/s1. The van der Waals surface area contributed by atoms with Gasteiger partial charge < -0.3 is 62.8 Å². The van der Waals surface area contributed by atoms with E-state index in [-0.39, 0.29) is 109 Å². The third-order valence-corrected chi connectivity index (χ3v) is 23.1. The number of aromatic nitrogens is 10. The molecule has 9 aromatic carbocycles. The summed E-state index contributed by atoms with van der Waals surface area (Å²) < 4.78 is 95.2. The first-order valence-corrected chi connectivity index (χ1v) is 40.1. The number of para-hydroxylation sites is 2. The number of nitrogens with two attached hydrogens (primary N) is 3. The normalized spacial score (nSPS) is 16.9. The molecule has 12 N–H and O–H groups in total.